The highest BCUT2D eigenvalue weighted by Gasteiger charge is 2.30. The molecule has 0 aliphatic rings. The molecule has 20 heavy (non-hydrogen) atoms. The first kappa shape index (κ1) is 14.5. The number of ether oxygens (including phenoxy) is 1. The van der Waals surface area contributed by atoms with Crippen molar-refractivity contribution in [2.24, 2.45) is 0 Å². The third-order valence-electron chi connectivity index (χ3n) is 2.62. The maximum absolute atomic E-state index is 13.5. The zero-order valence-corrected chi connectivity index (χ0v) is 11.6. The van der Waals surface area contributed by atoms with Crippen LogP contribution in [0.4, 0.5) is 8.78 Å². The van der Waals surface area contributed by atoms with Gasteiger partial charge in [-0.05, 0) is 36.8 Å². The van der Waals surface area contributed by atoms with E-state index in [9.17, 15) is 13.6 Å². The van der Waals surface area contributed by atoms with Gasteiger partial charge in [0.15, 0.2) is 0 Å². The number of aryl methyl sites for hydroxylation is 1. The number of aromatic amines is 1. The molecule has 6 heteroatoms. The Labute approximate surface area is 119 Å². The van der Waals surface area contributed by atoms with Crippen LogP contribution in [0.1, 0.15) is 18.1 Å². The van der Waals surface area contributed by atoms with E-state index in [0.29, 0.717) is 11.9 Å². The predicted molar refractivity (Wildman–Crippen MR) is 72.9 cm³/mol. The van der Waals surface area contributed by atoms with Gasteiger partial charge in [-0.25, -0.2) is 8.78 Å². The third kappa shape index (κ3) is 3.17. The Morgan fingerprint density at radius 2 is 2.00 bits per heavy atom. The summed E-state index contributed by atoms with van der Waals surface area (Å²) >= 11 is 5.87. The molecule has 2 rings (SSSR count). The van der Waals surface area contributed by atoms with Crippen molar-refractivity contribution in [3.63, 3.8) is 0 Å². The first-order valence-corrected chi connectivity index (χ1v) is 6.20. The number of hydrogen-bond acceptors (Lipinski definition) is 2. The maximum atomic E-state index is 13.5. The second-order valence-electron chi connectivity index (χ2n) is 4.50. The van der Waals surface area contributed by atoms with Crippen LogP contribution in [0.5, 0.6) is 11.5 Å². The molecular weight excluding hydrogens is 288 g/mol. The molecule has 1 aromatic carbocycles. The van der Waals surface area contributed by atoms with Crippen molar-refractivity contribution in [1.82, 2.24) is 4.98 Å². The number of aromatic nitrogens is 1. The van der Waals surface area contributed by atoms with Crippen molar-refractivity contribution in [3.8, 4) is 11.5 Å². The Hall–Kier alpha value is -1.88. The quantitative estimate of drug-likeness (QED) is 0.921. The minimum atomic E-state index is -3.18. The highest BCUT2D eigenvalue weighted by Crippen LogP contribution is 2.34. The Morgan fingerprint density at radius 3 is 2.60 bits per heavy atom. The third-order valence-corrected chi connectivity index (χ3v) is 2.84. The number of benzene rings is 1. The van der Waals surface area contributed by atoms with Crippen LogP contribution in [0.3, 0.4) is 0 Å². The van der Waals surface area contributed by atoms with E-state index in [-0.39, 0.29) is 5.75 Å². The SMILES string of the molecule is Cc1cc(Cl)cc(Oc2c(C(C)(F)F)cc[nH]c2=O)c1. The molecule has 0 fully saturated rings. The van der Waals surface area contributed by atoms with Crippen molar-refractivity contribution in [2.75, 3.05) is 0 Å². The molecule has 0 aliphatic heterocycles. The number of rotatable bonds is 3. The van der Waals surface area contributed by atoms with E-state index >= 15 is 0 Å². The van der Waals surface area contributed by atoms with Gasteiger partial charge in [-0.1, -0.05) is 11.6 Å². The van der Waals surface area contributed by atoms with Crippen LogP contribution < -0.4 is 10.3 Å². The van der Waals surface area contributed by atoms with Gasteiger partial charge in [0.1, 0.15) is 5.75 Å². The number of nitrogens with one attached hydrogen (secondary N) is 1. The smallest absolute Gasteiger partial charge is 0.291 e. The number of hydrogen-bond donors (Lipinski definition) is 1. The lowest BCUT2D eigenvalue weighted by Gasteiger charge is -2.15. The fraction of sp³-hybridized carbons (Fsp3) is 0.214. The van der Waals surface area contributed by atoms with E-state index in [1.54, 1.807) is 19.1 Å². The zero-order valence-electron chi connectivity index (χ0n) is 10.8. The van der Waals surface area contributed by atoms with E-state index < -0.39 is 22.8 Å². The van der Waals surface area contributed by atoms with Crippen LogP contribution in [0.25, 0.3) is 0 Å². The minimum absolute atomic E-state index is 0.234. The van der Waals surface area contributed by atoms with Crippen molar-refractivity contribution >= 4 is 11.6 Å². The topological polar surface area (TPSA) is 42.1 Å². The first-order valence-electron chi connectivity index (χ1n) is 5.82. The van der Waals surface area contributed by atoms with E-state index in [1.165, 1.54) is 6.07 Å². The molecule has 0 saturated carbocycles. The summed E-state index contributed by atoms with van der Waals surface area (Å²) in [7, 11) is 0. The lowest BCUT2D eigenvalue weighted by atomic mass is 10.1. The van der Waals surface area contributed by atoms with Crippen LogP contribution >= 0.6 is 11.6 Å². The van der Waals surface area contributed by atoms with Gasteiger partial charge in [0.25, 0.3) is 11.5 Å². The summed E-state index contributed by atoms with van der Waals surface area (Å²) < 4.78 is 32.3. The van der Waals surface area contributed by atoms with E-state index in [0.717, 1.165) is 17.8 Å². The number of alkyl halides is 2. The van der Waals surface area contributed by atoms with Gasteiger partial charge in [-0.2, -0.15) is 0 Å². The second-order valence-corrected chi connectivity index (χ2v) is 4.94. The minimum Gasteiger partial charge on any atom is -0.451 e. The Kier molecular flexibility index (Phi) is 3.81. The molecule has 106 valence electrons. The molecule has 0 atom stereocenters. The standard InChI is InChI=1S/C14H12ClF2NO2/c1-8-5-9(15)7-10(6-8)20-12-11(14(2,16)17)3-4-18-13(12)19/h3-7H,1-2H3,(H,18,19). The molecule has 2 aromatic rings. The highest BCUT2D eigenvalue weighted by atomic mass is 35.5. The Balaban J connectivity index is 2.51. The molecule has 1 heterocycles. The normalized spacial score (nSPS) is 11.4. The number of halogens is 3. The first-order chi connectivity index (χ1) is 9.27. The number of H-pyrrole nitrogens is 1. The monoisotopic (exact) mass is 299 g/mol. The molecule has 0 aliphatic carbocycles. The molecule has 1 N–H and O–H groups in total. The van der Waals surface area contributed by atoms with E-state index in [4.69, 9.17) is 16.3 Å². The summed E-state index contributed by atoms with van der Waals surface area (Å²) in [5.41, 5.74) is -0.398. The molecule has 0 radical (unpaired) electrons. The van der Waals surface area contributed by atoms with Crippen molar-refractivity contribution in [2.45, 2.75) is 19.8 Å². The summed E-state index contributed by atoms with van der Waals surface area (Å²) in [4.78, 5) is 14.0. The highest BCUT2D eigenvalue weighted by molar-refractivity contribution is 6.30. The maximum Gasteiger partial charge on any atom is 0.291 e. The summed E-state index contributed by atoms with van der Waals surface area (Å²) in [6.07, 6.45) is 1.16. The van der Waals surface area contributed by atoms with Crippen molar-refractivity contribution < 1.29 is 13.5 Å². The second kappa shape index (κ2) is 5.25. The van der Waals surface area contributed by atoms with Gasteiger partial charge >= 0.3 is 0 Å². The van der Waals surface area contributed by atoms with Crippen LogP contribution in [0.15, 0.2) is 35.3 Å². The van der Waals surface area contributed by atoms with Crippen LogP contribution in [-0.2, 0) is 5.92 Å². The van der Waals surface area contributed by atoms with Gasteiger partial charge in [0.05, 0.1) is 5.56 Å². The fourth-order valence-electron chi connectivity index (χ4n) is 1.79. The van der Waals surface area contributed by atoms with Crippen LogP contribution in [-0.4, -0.2) is 4.98 Å². The van der Waals surface area contributed by atoms with Gasteiger partial charge in [0, 0.05) is 18.1 Å². The Morgan fingerprint density at radius 1 is 1.30 bits per heavy atom. The average molecular weight is 300 g/mol. The van der Waals surface area contributed by atoms with Crippen molar-refractivity contribution in [1.29, 1.82) is 0 Å². The lowest BCUT2D eigenvalue weighted by molar-refractivity contribution is 0.0152. The molecule has 0 saturated heterocycles. The lowest BCUT2D eigenvalue weighted by Crippen LogP contribution is -2.17. The Bertz CT molecular complexity index is 672. The molecule has 3 nitrogen and oxygen atoms in total. The zero-order chi connectivity index (χ0) is 14.9. The molecule has 0 amide bonds. The molecule has 0 bridgehead atoms. The summed E-state index contributed by atoms with van der Waals surface area (Å²) in [5, 5.41) is 0.400. The predicted octanol–water partition coefficient (Wildman–Crippen LogP) is 4.24. The van der Waals surface area contributed by atoms with E-state index in [2.05, 4.69) is 4.98 Å². The largest absolute Gasteiger partial charge is 0.451 e. The van der Waals surface area contributed by atoms with Crippen LogP contribution in [0, 0.1) is 6.92 Å². The van der Waals surface area contributed by atoms with Crippen molar-refractivity contribution in [3.05, 3.63) is 57.0 Å². The van der Waals surface area contributed by atoms with Gasteiger partial charge in [-0.15, -0.1) is 0 Å². The van der Waals surface area contributed by atoms with Gasteiger partial charge < -0.3 is 9.72 Å². The van der Waals surface area contributed by atoms with Gasteiger partial charge in [-0.3, -0.25) is 4.79 Å². The molecule has 0 unspecified atom stereocenters. The van der Waals surface area contributed by atoms with E-state index in [1.807, 2.05) is 0 Å². The van der Waals surface area contributed by atoms with Gasteiger partial charge in [0.2, 0.25) is 5.75 Å². The molecule has 1 aromatic heterocycles. The molecular formula is C14H12ClF2NO2. The summed E-state index contributed by atoms with van der Waals surface area (Å²) in [6, 6.07) is 5.88. The average Bonchev–Trinajstić information content (AvgIpc) is 2.29. The summed E-state index contributed by atoms with van der Waals surface area (Å²) in [5.74, 6) is -3.38. The molecule has 0 spiro atoms. The summed E-state index contributed by atoms with van der Waals surface area (Å²) in [6.45, 7) is 2.49. The fourth-order valence-corrected chi connectivity index (χ4v) is 2.07. The van der Waals surface area contributed by atoms with Crippen LogP contribution in [0.2, 0.25) is 5.02 Å². The number of pyridine rings is 1.